The van der Waals surface area contributed by atoms with Gasteiger partial charge in [0.05, 0.1) is 13.2 Å². The number of aromatic nitrogens is 2. The van der Waals surface area contributed by atoms with Crippen molar-refractivity contribution in [3.05, 3.63) is 30.2 Å². The van der Waals surface area contributed by atoms with Crippen LogP contribution in [0.15, 0.2) is 28.8 Å². The number of anilines is 1. The van der Waals surface area contributed by atoms with E-state index in [0.717, 1.165) is 0 Å². The first-order valence-electron chi connectivity index (χ1n) is 6.49. The summed E-state index contributed by atoms with van der Waals surface area (Å²) in [6.07, 6.45) is -5.65. The molecule has 1 aliphatic heterocycles. The highest BCUT2D eigenvalue weighted by Gasteiger charge is 2.38. The van der Waals surface area contributed by atoms with Crippen molar-refractivity contribution in [3.8, 4) is 11.4 Å². The first-order chi connectivity index (χ1) is 10.9. The van der Waals surface area contributed by atoms with Gasteiger partial charge < -0.3 is 19.3 Å². The first kappa shape index (κ1) is 15.4. The fourth-order valence-corrected chi connectivity index (χ4v) is 1.87. The molecule has 122 valence electrons. The highest BCUT2D eigenvalue weighted by molar-refractivity contribution is 5.93. The molecule has 0 saturated carbocycles. The van der Waals surface area contributed by atoms with Gasteiger partial charge in [-0.2, -0.15) is 18.2 Å². The van der Waals surface area contributed by atoms with Crippen LogP contribution in [0.2, 0.25) is 0 Å². The van der Waals surface area contributed by atoms with Crippen LogP contribution in [-0.2, 0) is 20.4 Å². The third kappa shape index (κ3) is 3.48. The lowest BCUT2D eigenvalue weighted by atomic mass is 10.2. The summed E-state index contributed by atoms with van der Waals surface area (Å²) in [4.78, 5) is 15.0. The quantitative estimate of drug-likeness (QED) is 0.928. The third-order valence-corrected chi connectivity index (χ3v) is 2.92. The topological polar surface area (TPSA) is 86.5 Å². The van der Waals surface area contributed by atoms with Crippen LogP contribution in [0.5, 0.6) is 0 Å². The van der Waals surface area contributed by atoms with Gasteiger partial charge in [0.1, 0.15) is 0 Å². The molecule has 23 heavy (non-hydrogen) atoms. The Balaban J connectivity index is 1.69. The number of halogens is 3. The van der Waals surface area contributed by atoms with Crippen molar-refractivity contribution in [2.75, 3.05) is 18.5 Å². The summed E-state index contributed by atoms with van der Waals surface area (Å²) in [5, 5.41) is 5.83. The molecule has 1 aromatic heterocycles. The van der Waals surface area contributed by atoms with E-state index >= 15 is 0 Å². The van der Waals surface area contributed by atoms with Gasteiger partial charge in [0, 0.05) is 11.3 Å². The van der Waals surface area contributed by atoms with E-state index in [2.05, 4.69) is 20.0 Å². The molecule has 0 unspecified atom stereocenters. The van der Waals surface area contributed by atoms with Crippen molar-refractivity contribution in [3.63, 3.8) is 0 Å². The summed E-state index contributed by atoms with van der Waals surface area (Å²) in [6.45, 7) is 0.687. The Morgan fingerprint density at radius 1 is 1.17 bits per heavy atom. The zero-order valence-electron chi connectivity index (χ0n) is 11.5. The predicted octanol–water partition coefficient (Wildman–Crippen LogP) is 2.07. The lowest BCUT2D eigenvalue weighted by Gasteiger charge is -2.09. The van der Waals surface area contributed by atoms with Crippen LogP contribution in [0.3, 0.4) is 0 Å². The zero-order chi connectivity index (χ0) is 16.4. The Morgan fingerprint density at radius 2 is 1.83 bits per heavy atom. The molecule has 7 nitrogen and oxygen atoms in total. The van der Waals surface area contributed by atoms with E-state index in [1.54, 1.807) is 0 Å². The smallest absolute Gasteiger partial charge is 0.342 e. The molecule has 0 bridgehead atoms. The lowest BCUT2D eigenvalue weighted by Crippen LogP contribution is -2.28. The molecular weight excluding hydrogens is 319 g/mol. The van der Waals surface area contributed by atoms with Crippen LogP contribution in [0.1, 0.15) is 5.89 Å². The Kier molecular flexibility index (Phi) is 4.01. The molecule has 0 radical (unpaired) electrons. The minimum absolute atomic E-state index is 0.197. The summed E-state index contributed by atoms with van der Waals surface area (Å²) in [7, 11) is 0. The van der Waals surface area contributed by atoms with Gasteiger partial charge in [0.15, 0.2) is 0 Å². The Hall–Kier alpha value is -2.46. The van der Waals surface area contributed by atoms with Gasteiger partial charge in [0.2, 0.25) is 12.1 Å². The summed E-state index contributed by atoms with van der Waals surface area (Å²) in [5.74, 6) is -2.08. The van der Waals surface area contributed by atoms with E-state index < -0.39 is 24.3 Å². The fraction of sp³-hybridized carbons (Fsp3) is 0.308. The molecule has 10 heteroatoms. The Morgan fingerprint density at radius 3 is 2.39 bits per heavy atom. The number of rotatable bonds is 3. The summed E-state index contributed by atoms with van der Waals surface area (Å²) in [5.41, 5.74) is 0.744. The molecule has 1 aromatic carbocycles. The molecule has 0 atom stereocenters. The van der Waals surface area contributed by atoms with Gasteiger partial charge in [-0.25, -0.2) is 0 Å². The molecule has 0 aliphatic carbocycles. The summed E-state index contributed by atoms with van der Waals surface area (Å²) >= 11 is 0. The number of nitrogens with zero attached hydrogens (tertiary/aromatic N) is 2. The number of carbonyl (C=O) groups is 1. The molecule has 1 amide bonds. The Labute approximate surface area is 127 Å². The van der Waals surface area contributed by atoms with Crippen molar-refractivity contribution < 1.29 is 32.0 Å². The maximum atomic E-state index is 12.4. The molecule has 0 spiro atoms. The standard InChI is InChI=1S/C13H10F3N3O4/c14-13(15,16)12-18-9(19-23-12)7-1-3-8(4-2-7)17-10(20)11-21-5-6-22-11/h1-4,11H,5-6H2,(H,17,20). The van der Waals surface area contributed by atoms with Gasteiger partial charge >= 0.3 is 12.1 Å². The average molecular weight is 329 g/mol. The van der Waals surface area contributed by atoms with Crippen molar-refractivity contribution >= 4 is 11.6 Å². The SMILES string of the molecule is O=C(Nc1ccc(-c2noc(C(F)(F)F)n2)cc1)C1OCCO1. The molecular formula is C13H10F3N3O4. The molecule has 1 fully saturated rings. The van der Waals surface area contributed by atoms with E-state index in [1.165, 1.54) is 24.3 Å². The number of carbonyl (C=O) groups excluding carboxylic acids is 1. The molecule has 2 heterocycles. The van der Waals surface area contributed by atoms with Crippen LogP contribution >= 0.6 is 0 Å². The van der Waals surface area contributed by atoms with Gasteiger partial charge in [0.25, 0.3) is 5.91 Å². The van der Waals surface area contributed by atoms with Crippen LogP contribution in [0, 0.1) is 0 Å². The van der Waals surface area contributed by atoms with Crippen molar-refractivity contribution in [1.82, 2.24) is 10.1 Å². The average Bonchev–Trinajstić information content (AvgIpc) is 3.19. The molecule has 1 saturated heterocycles. The molecule has 2 aromatic rings. The van der Waals surface area contributed by atoms with Crippen LogP contribution in [-0.4, -0.2) is 35.6 Å². The van der Waals surface area contributed by atoms with Crippen molar-refractivity contribution in [1.29, 1.82) is 0 Å². The van der Waals surface area contributed by atoms with E-state index in [9.17, 15) is 18.0 Å². The van der Waals surface area contributed by atoms with E-state index in [1.807, 2.05) is 0 Å². The normalized spacial score (nSPS) is 15.8. The number of hydrogen-bond acceptors (Lipinski definition) is 6. The Bertz CT molecular complexity index is 693. The van der Waals surface area contributed by atoms with Gasteiger partial charge in [-0.1, -0.05) is 5.16 Å². The number of amides is 1. The zero-order valence-corrected chi connectivity index (χ0v) is 11.5. The number of hydrogen-bond donors (Lipinski definition) is 1. The maximum Gasteiger partial charge on any atom is 0.471 e. The van der Waals surface area contributed by atoms with Crippen LogP contribution in [0.4, 0.5) is 18.9 Å². The largest absolute Gasteiger partial charge is 0.471 e. The van der Waals surface area contributed by atoms with E-state index in [4.69, 9.17) is 9.47 Å². The van der Waals surface area contributed by atoms with Crippen LogP contribution in [0.25, 0.3) is 11.4 Å². The highest BCUT2D eigenvalue weighted by Crippen LogP contribution is 2.29. The second kappa shape index (κ2) is 5.97. The number of ether oxygens (including phenoxy) is 2. The number of benzene rings is 1. The fourth-order valence-electron chi connectivity index (χ4n) is 1.87. The molecule has 3 rings (SSSR count). The monoisotopic (exact) mass is 329 g/mol. The second-order valence-electron chi connectivity index (χ2n) is 4.56. The van der Waals surface area contributed by atoms with Gasteiger partial charge in [-0.15, -0.1) is 0 Å². The highest BCUT2D eigenvalue weighted by atomic mass is 19.4. The maximum absolute atomic E-state index is 12.4. The second-order valence-corrected chi connectivity index (χ2v) is 4.56. The summed E-state index contributed by atoms with van der Waals surface area (Å²) in [6, 6.07) is 5.89. The number of nitrogens with one attached hydrogen (secondary N) is 1. The van der Waals surface area contributed by atoms with Crippen molar-refractivity contribution in [2.45, 2.75) is 12.5 Å². The van der Waals surface area contributed by atoms with Gasteiger partial charge in [-0.3, -0.25) is 4.79 Å². The lowest BCUT2D eigenvalue weighted by molar-refractivity contribution is -0.159. The van der Waals surface area contributed by atoms with E-state index in [0.29, 0.717) is 24.5 Å². The minimum Gasteiger partial charge on any atom is -0.342 e. The van der Waals surface area contributed by atoms with Crippen molar-refractivity contribution in [2.24, 2.45) is 0 Å². The van der Waals surface area contributed by atoms with Crippen LogP contribution < -0.4 is 5.32 Å². The number of alkyl halides is 3. The molecule has 1 aliphatic rings. The van der Waals surface area contributed by atoms with E-state index in [-0.39, 0.29) is 5.82 Å². The third-order valence-electron chi connectivity index (χ3n) is 2.92. The first-order valence-corrected chi connectivity index (χ1v) is 6.49. The molecule has 1 N–H and O–H groups in total. The van der Waals surface area contributed by atoms with Gasteiger partial charge in [-0.05, 0) is 24.3 Å². The predicted molar refractivity (Wildman–Crippen MR) is 69.1 cm³/mol. The minimum atomic E-state index is -4.69. The summed E-state index contributed by atoms with van der Waals surface area (Å²) < 4.78 is 51.5.